The van der Waals surface area contributed by atoms with Crippen LogP contribution in [0.4, 0.5) is 0 Å². The van der Waals surface area contributed by atoms with Gasteiger partial charge in [-0.05, 0) is 43.5 Å². The lowest BCUT2D eigenvalue weighted by Crippen LogP contribution is -2.39. The Bertz CT molecular complexity index is 429. The average molecular weight is 260 g/mol. The smallest absolute Gasteiger partial charge is 0.254 e. The van der Waals surface area contributed by atoms with Crippen molar-refractivity contribution < 1.29 is 4.79 Å². The second-order valence-corrected chi connectivity index (χ2v) is 5.65. The summed E-state index contributed by atoms with van der Waals surface area (Å²) >= 11 is 0. The maximum atomic E-state index is 12.3. The van der Waals surface area contributed by atoms with Crippen LogP contribution < -0.4 is 5.32 Å². The zero-order chi connectivity index (χ0) is 13.7. The summed E-state index contributed by atoms with van der Waals surface area (Å²) in [5, 5.41) is 3.42. The van der Waals surface area contributed by atoms with Crippen LogP contribution in [0.3, 0.4) is 0 Å². The van der Waals surface area contributed by atoms with Crippen molar-refractivity contribution in [3.8, 4) is 0 Å². The van der Waals surface area contributed by atoms with Gasteiger partial charge in [0.15, 0.2) is 0 Å². The van der Waals surface area contributed by atoms with Gasteiger partial charge in [0.05, 0.1) is 0 Å². The number of carbonyl (C=O) groups is 1. The van der Waals surface area contributed by atoms with Crippen LogP contribution in [0.1, 0.15) is 36.2 Å². The van der Waals surface area contributed by atoms with E-state index in [0.717, 1.165) is 44.6 Å². The van der Waals surface area contributed by atoms with Gasteiger partial charge in [-0.25, -0.2) is 0 Å². The second-order valence-electron chi connectivity index (χ2n) is 5.65. The number of rotatable bonds is 6. The highest BCUT2D eigenvalue weighted by atomic mass is 16.2. The van der Waals surface area contributed by atoms with Crippen molar-refractivity contribution in [2.75, 3.05) is 26.2 Å². The maximum Gasteiger partial charge on any atom is 0.254 e. The number of nitrogens with one attached hydrogen (secondary N) is 1. The van der Waals surface area contributed by atoms with Crippen molar-refractivity contribution in [3.05, 3.63) is 35.4 Å². The normalized spacial score (nSPS) is 14.9. The lowest BCUT2D eigenvalue weighted by Gasteiger charge is -2.28. The summed E-state index contributed by atoms with van der Waals surface area (Å²) < 4.78 is 0. The monoisotopic (exact) mass is 260 g/mol. The van der Waals surface area contributed by atoms with E-state index < -0.39 is 0 Å². The molecule has 0 saturated carbocycles. The number of fused-ring (bicyclic) bond motifs is 1. The Morgan fingerprint density at radius 2 is 2.11 bits per heavy atom. The van der Waals surface area contributed by atoms with Gasteiger partial charge in [-0.1, -0.05) is 32.0 Å². The van der Waals surface area contributed by atoms with Crippen LogP contribution in [0.15, 0.2) is 24.3 Å². The highest BCUT2D eigenvalue weighted by Crippen LogP contribution is 2.18. The number of carbonyl (C=O) groups excluding carboxylic acids is 1. The standard InChI is InChI=1S/C16H24N2O/c1-13(2)12-17-9-5-10-18-11-8-14-6-3-4-7-15(14)16(18)19/h3-4,6-7,13,17H,5,8-12H2,1-2H3. The van der Waals surface area contributed by atoms with E-state index in [4.69, 9.17) is 0 Å². The third-order valence-electron chi connectivity index (χ3n) is 3.52. The molecule has 19 heavy (non-hydrogen) atoms. The second kappa shape index (κ2) is 6.71. The Hall–Kier alpha value is -1.35. The minimum Gasteiger partial charge on any atom is -0.338 e. The molecule has 0 spiro atoms. The first-order valence-corrected chi connectivity index (χ1v) is 7.26. The Morgan fingerprint density at radius 3 is 2.89 bits per heavy atom. The van der Waals surface area contributed by atoms with Crippen molar-refractivity contribution in [3.63, 3.8) is 0 Å². The van der Waals surface area contributed by atoms with Crippen molar-refractivity contribution in [2.45, 2.75) is 26.7 Å². The van der Waals surface area contributed by atoms with E-state index in [1.807, 2.05) is 23.1 Å². The number of hydrogen-bond acceptors (Lipinski definition) is 2. The lowest BCUT2D eigenvalue weighted by atomic mass is 9.99. The average Bonchev–Trinajstić information content (AvgIpc) is 2.41. The predicted molar refractivity (Wildman–Crippen MR) is 78.4 cm³/mol. The summed E-state index contributed by atoms with van der Waals surface area (Å²) in [4.78, 5) is 14.3. The topological polar surface area (TPSA) is 32.3 Å². The molecule has 1 aromatic rings. The zero-order valence-corrected chi connectivity index (χ0v) is 12.0. The summed E-state index contributed by atoms with van der Waals surface area (Å²) in [6, 6.07) is 7.97. The Labute approximate surface area is 116 Å². The van der Waals surface area contributed by atoms with E-state index in [9.17, 15) is 4.79 Å². The molecule has 1 aliphatic rings. The highest BCUT2D eigenvalue weighted by Gasteiger charge is 2.22. The molecular weight excluding hydrogens is 236 g/mol. The molecule has 1 aromatic carbocycles. The van der Waals surface area contributed by atoms with Crippen molar-refractivity contribution >= 4 is 5.91 Å². The molecular formula is C16H24N2O. The van der Waals surface area contributed by atoms with Crippen LogP contribution >= 0.6 is 0 Å². The quantitative estimate of drug-likeness (QED) is 0.796. The SMILES string of the molecule is CC(C)CNCCCN1CCc2ccccc2C1=O. The fraction of sp³-hybridized carbons (Fsp3) is 0.562. The van der Waals surface area contributed by atoms with Crippen LogP contribution in [0, 0.1) is 5.92 Å². The van der Waals surface area contributed by atoms with Gasteiger partial charge in [0, 0.05) is 18.7 Å². The molecule has 3 nitrogen and oxygen atoms in total. The molecule has 0 saturated heterocycles. The van der Waals surface area contributed by atoms with Gasteiger partial charge in [0.1, 0.15) is 0 Å². The minimum absolute atomic E-state index is 0.200. The minimum atomic E-state index is 0.200. The maximum absolute atomic E-state index is 12.3. The fourth-order valence-corrected chi connectivity index (χ4v) is 2.47. The molecule has 0 aromatic heterocycles. The lowest BCUT2D eigenvalue weighted by molar-refractivity contribution is 0.0738. The van der Waals surface area contributed by atoms with Crippen LogP contribution in [-0.4, -0.2) is 37.0 Å². The van der Waals surface area contributed by atoms with Gasteiger partial charge in [-0.15, -0.1) is 0 Å². The number of amides is 1. The predicted octanol–water partition coefficient (Wildman–Crippen LogP) is 2.32. The summed E-state index contributed by atoms with van der Waals surface area (Å²) in [6.45, 7) is 8.18. The Kier molecular flexibility index (Phi) is 4.97. The van der Waals surface area contributed by atoms with Crippen LogP contribution in [-0.2, 0) is 6.42 Å². The van der Waals surface area contributed by atoms with Crippen molar-refractivity contribution in [1.29, 1.82) is 0 Å². The molecule has 0 bridgehead atoms. The molecule has 0 atom stereocenters. The van der Waals surface area contributed by atoms with E-state index >= 15 is 0 Å². The van der Waals surface area contributed by atoms with E-state index in [2.05, 4.69) is 25.2 Å². The molecule has 1 N–H and O–H groups in total. The summed E-state index contributed by atoms with van der Waals surface area (Å²) in [5.41, 5.74) is 2.09. The largest absolute Gasteiger partial charge is 0.338 e. The summed E-state index contributed by atoms with van der Waals surface area (Å²) in [7, 11) is 0. The van der Waals surface area contributed by atoms with Gasteiger partial charge in [0.2, 0.25) is 0 Å². The molecule has 0 fully saturated rings. The zero-order valence-electron chi connectivity index (χ0n) is 12.0. The number of hydrogen-bond donors (Lipinski definition) is 1. The van der Waals surface area contributed by atoms with Crippen LogP contribution in [0.5, 0.6) is 0 Å². The fourth-order valence-electron chi connectivity index (χ4n) is 2.47. The highest BCUT2D eigenvalue weighted by molar-refractivity contribution is 5.96. The van der Waals surface area contributed by atoms with Gasteiger partial charge in [0.25, 0.3) is 5.91 Å². The first kappa shape index (κ1) is 14.1. The molecule has 1 heterocycles. The number of benzene rings is 1. The van der Waals surface area contributed by atoms with E-state index in [-0.39, 0.29) is 5.91 Å². The van der Waals surface area contributed by atoms with Gasteiger partial charge >= 0.3 is 0 Å². The summed E-state index contributed by atoms with van der Waals surface area (Å²) in [6.07, 6.45) is 2.02. The van der Waals surface area contributed by atoms with Gasteiger partial charge < -0.3 is 10.2 Å². The molecule has 3 heteroatoms. The van der Waals surface area contributed by atoms with Crippen LogP contribution in [0.25, 0.3) is 0 Å². The molecule has 1 amide bonds. The van der Waals surface area contributed by atoms with E-state index in [1.54, 1.807) is 0 Å². The third-order valence-corrected chi connectivity index (χ3v) is 3.52. The van der Waals surface area contributed by atoms with E-state index in [1.165, 1.54) is 5.56 Å². The first-order chi connectivity index (χ1) is 9.18. The molecule has 1 aliphatic heterocycles. The first-order valence-electron chi connectivity index (χ1n) is 7.26. The van der Waals surface area contributed by atoms with E-state index in [0.29, 0.717) is 5.92 Å². The molecule has 104 valence electrons. The number of nitrogens with zero attached hydrogens (tertiary/aromatic N) is 1. The van der Waals surface area contributed by atoms with Gasteiger partial charge in [-0.2, -0.15) is 0 Å². The molecule has 2 rings (SSSR count). The van der Waals surface area contributed by atoms with Crippen molar-refractivity contribution in [1.82, 2.24) is 10.2 Å². The third kappa shape index (κ3) is 3.80. The molecule has 0 aliphatic carbocycles. The Morgan fingerprint density at radius 1 is 1.32 bits per heavy atom. The molecule has 0 unspecified atom stereocenters. The van der Waals surface area contributed by atoms with Crippen LogP contribution in [0.2, 0.25) is 0 Å². The van der Waals surface area contributed by atoms with Crippen molar-refractivity contribution in [2.24, 2.45) is 5.92 Å². The molecule has 0 radical (unpaired) electrons. The summed E-state index contributed by atoms with van der Waals surface area (Å²) in [5.74, 6) is 0.884. The van der Waals surface area contributed by atoms with Gasteiger partial charge in [-0.3, -0.25) is 4.79 Å². The Balaban J connectivity index is 1.79.